The minimum atomic E-state index is 0.302. The van der Waals surface area contributed by atoms with Crippen LogP contribution in [0.3, 0.4) is 0 Å². The first kappa shape index (κ1) is 11.4. The highest BCUT2D eigenvalue weighted by Crippen LogP contribution is 2.50. The second kappa shape index (κ2) is 4.21. The fraction of sp³-hybridized carbons (Fsp3) is 0.583. The molecule has 2 fully saturated rings. The molecule has 1 nitrogen and oxygen atoms in total. The Bertz CT molecular complexity index is 440. The lowest BCUT2D eigenvalue weighted by molar-refractivity contribution is 0.0874. The van der Waals surface area contributed by atoms with Crippen LogP contribution in [0.5, 0.6) is 0 Å². The molecule has 3 unspecified atom stereocenters. The topological polar surface area (TPSA) is 17.1 Å². The van der Waals surface area contributed by atoms with E-state index in [1.165, 1.54) is 19.3 Å². The molecule has 0 aromatic carbocycles. The summed E-state index contributed by atoms with van der Waals surface area (Å²) in [6, 6.07) is 1.96. The summed E-state index contributed by atoms with van der Waals surface area (Å²) in [7, 11) is 0. The molecule has 16 heavy (non-hydrogen) atoms. The van der Waals surface area contributed by atoms with Gasteiger partial charge in [0.25, 0.3) is 0 Å². The van der Waals surface area contributed by atoms with Crippen LogP contribution in [0.1, 0.15) is 36.0 Å². The predicted molar refractivity (Wildman–Crippen MR) is 73.0 cm³/mol. The van der Waals surface area contributed by atoms with Crippen LogP contribution < -0.4 is 0 Å². The molecule has 3 atom stereocenters. The number of hydrogen-bond acceptors (Lipinski definition) is 2. The minimum absolute atomic E-state index is 0.302. The molecular weight excluding hydrogens is 352 g/mol. The van der Waals surface area contributed by atoms with Crippen molar-refractivity contribution in [1.82, 2.24) is 0 Å². The molecule has 0 spiro atoms. The van der Waals surface area contributed by atoms with Crippen LogP contribution in [0.2, 0.25) is 0 Å². The summed E-state index contributed by atoms with van der Waals surface area (Å²) in [6.45, 7) is 0. The van der Waals surface area contributed by atoms with E-state index in [1.54, 1.807) is 11.3 Å². The lowest BCUT2D eigenvalue weighted by Crippen LogP contribution is -2.20. The third kappa shape index (κ3) is 1.83. The molecule has 2 bridgehead atoms. The monoisotopic (exact) mass is 362 g/mol. The van der Waals surface area contributed by atoms with Crippen LogP contribution >= 0.6 is 43.2 Å². The first-order valence-electron chi connectivity index (χ1n) is 5.64. The van der Waals surface area contributed by atoms with Gasteiger partial charge >= 0.3 is 0 Å². The van der Waals surface area contributed by atoms with Crippen molar-refractivity contribution in [1.29, 1.82) is 0 Å². The van der Waals surface area contributed by atoms with Crippen LogP contribution in [0.25, 0.3) is 0 Å². The van der Waals surface area contributed by atoms with Crippen molar-refractivity contribution in [2.45, 2.75) is 25.7 Å². The average Bonchev–Trinajstić information content (AvgIpc) is 2.91. The van der Waals surface area contributed by atoms with E-state index in [1.807, 2.05) is 6.07 Å². The van der Waals surface area contributed by atoms with E-state index in [4.69, 9.17) is 0 Å². The summed E-state index contributed by atoms with van der Waals surface area (Å²) in [5, 5.41) is 0. The van der Waals surface area contributed by atoms with E-state index < -0.39 is 0 Å². The van der Waals surface area contributed by atoms with E-state index in [-0.39, 0.29) is 0 Å². The Morgan fingerprint density at radius 1 is 1.31 bits per heavy atom. The third-order valence-electron chi connectivity index (χ3n) is 4.00. The number of thiophene rings is 1. The van der Waals surface area contributed by atoms with Gasteiger partial charge in [-0.2, -0.15) is 0 Å². The zero-order valence-corrected chi connectivity index (χ0v) is 12.7. The van der Waals surface area contributed by atoms with Crippen molar-refractivity contribution in [3.05, 3.63) is 19.2 Å². The van der Waals surface area contributed by atoms with E-state index in [9.17, 15) is 4.79 Å². The Labute approximate surface area is 116 Å². The maximum absolute atomic E-state index is 12.4. The van der Waals surface area contributed by atoms with Gasteiger partial charge in [-0.3, -0.25) is 4.79 Å². The molecule has 86 valence electrons. The molecule has 2 aliphatic carbocycles. The van der Waals surface area contributed by atoms with Gasteiger partial charge in [0.15, 0.2) is 5.78 Å². The predicted octanol–water partition coefficient (Wildman–Crippen LogP) is 4.89. The summed E-state index contributed by atoms with van der Waals surface area (Å²) in [6.07, 6.45) is 5.04. The highest BCUT2D eigenvalue weighted by Gasteiger charge is 2.43. The van der Waals surface area contributed by atoms with E-state index in [0.717, 1.165) is 25.5 Å². The molecule has 4 heteroatoms. The number of halogens is 2. The summed E-state index contributed by atoms with van der Waals surface area (Å²) < 4.78 is 2.01. The van der Waals surface area contributed by atoms with Crippen molar-refractivity contribution >= 4 is 49.0 Å². The van der Waals surface area contributed by atoms with Crippen LogP contribution in [0.15, 0.2) is 13.6 Å². The average molecular weight is 364 g/mol. The zero-order valence-electron chi connectivity index (χ0n) is 8.71. The lowest BCUT2D eigenvalue weighted by atomic mass is 9.84. The van der Waals surface area contributed by atoms with Crippen LogP contribution in [-0.4, -0.2) is 5.78 Å². The molecule has 3 rings (SSSR count). The van der Waals surface area contributed by atoms with Crippen LogP contribution in [0, 0.1) is 17.8 Å². The summed E-state index contributed by atoms with van der Waals surface area (Å²) in [5.41, 5.74) is 0.884. The lowest BCUT2D eigenvalue weighted by Gasteiger charge is -2.19. The molecule has 2 saturated carbocycles. The molecule has 1 heterocycles. The number of rotatable bonds is 2. The first-order valence-corrected chi connectivity index (χ1v) is 8.04. The number of carbonyl (C=O) groups excluding carboxylic acids is 1. The van der Waals surface area contributed by atoms with Crippen LogP contribution in [-0.2, 0) is 0 Å². The van der Waals surface area contributed by atoms with Crippen molar-refractivity contribution in [2.24, 2.45) is 17.8 Å². The van der Waals surface area contributed by atoms with Gasteiger partial charge < -0.3 is 0 Å². The SMILES string of the molecule is O=C(c1cc(Br)sc1Br)C1CC2CCC1C2. The van der Waals surface area contributed by atoms with Crippen molar-refractivity contribution in [2.75, 3.05) is 0 Å². The summed E-state index contributed by atoms with van der Waals surface area (Å²) in [5.74, 6) is 2.17. The number of fused-ring (bicyclic) bond motifs is 2. The molecule has 1 aromatic rings. The Hall–Kier alpha value is 0.330. The maximum Gasteiger partial charge on any atom is 0.168 e. The molecule has 2 aliphatic rings. The van der Waals surface area contributed by atoms with Crippen molar-refractivity contribution < 1.29 is 4.79 Å². The molecular formula is C12H12Br2OS. The number of hydrogen-bond donors (Lipinski definition) is 0. The normalized spacial score (nSPS) is 32.2. The van der Waals surface area contributed by atoms with Gasteiger partial charge in [-0.1, -0.05) is 6.42 Å². The van der Waals surface area contributed by atoms with Gasteiger partial charge in [-0.25, -0.2) is 0 Å². The zero-order chi connectivity index (χ0) is 11.3. The van der Waals surface area contributed by atoms with Gasteiger partial charge in [0.1, 0.15) is 0 Å². The van der Waals surface area contributed by atoms with Gasteiger partial charge in [0.2, 0.25) is 0 Å². The third-order valence-corrected chi connectivity index (χ3v) is 6.34. The molecule has 0 saturated heterocycles. The molecule has 0 N–H and O–H groups in total. The van der Waals surface area contributed by atoms with Gasteiger partial charge in [0, 0.05) is 11.5 Å². The standard InChI is InChI=1S/C12H12Br2OS/c13-10-5-9(12(14)16-10)11(15)8-4-6-1-2-7(8)3-6/h5-8H,1-4H2. The smallest absolute Gasteiger partial charge is 0.168 e. The van der Waals surface area contributed by atoms with E-state index in [2.05, 4.69) is 31.9 Å². The molecule has 0 aliphatic heterocycles. The van der Waals surface area contributed by atoms with Crippen LogP contribution in [0.4, 0.5) is 0 Å². The van der Waals surface area contributed by atoms with Gasteiger partial charge in [-0.15, -0.1) is 11.3 Å². The summed E-state index contributed by atoms with van der Waals surface area (Å²) >= 11 is 8.51. The minimum Gasteiger partial charge on any atom is -0.294 e. The number of ketones is 1. The highest BCUT2D eigenvalue weighted by molar-refractivity contribution is 9.12. The quantitative estimate of drug-likeness (QED) is 0.683. The number of Topliss-reactive ketones (excluding diaryl/α,β-unsaturated/α-hetero) is 1. The van der Waals surface area contributed by atoms with E-state index >= 15 is 0 Å². The van der Waals surface area contributed by atoms with Crippen molar-refractivity contribution in [3.63, 3.8) is 0 Å². The Morgan fingerprint density at radius 3 is 2.62 bits per heavy atom. The number of carbonyl (C=O) groups is 1. The van der Waals surface area contributed by atoms with Gasteiger partial charge in [-0.05, 0) is 69.0 Å². The fourth-order valence-corrected chi connectivity index (χ4v) is 6.09. The molecule has 0 radical (unpaired) electrons. The first-order chi connectivity index (χ1) is 7.65. The second-order valence-electron chi connectivity index (χ2n) is 4.88. The molecule has 0 amide bonds. The largest absolute Gasteiger partial charge is 0.294 e. The van der Waals surface area contributed by atoms with E-state index in [0.29, 0.717) is 17.6 Å². The Morgan fingerprint density at radius 2 is 2.12 bits per heavy atom. The second-order valence-corrected chi connectivity index (χ2v) is 8.63. The highest BCUT2D eigenvalue weighted by atomic mass is 79.9. The molecule has 1 aromatic heterocycles. The van der Waals surface area contributed by atoms with Crippen molar-refractivity contribution in [3.8, 4) is 0 Å². The maximum atomic E-state index is 12.4. The Kier molecular flexibility index (Phi) is 3.01. The fourth-order valence-electron chi connectivity index (χ4n) is 3.27. The van der Waals surface area contributed by atoms with Gasteiger partial charge in [0.05, 0.1) is 7.57 Å². The summed E-state index contributed by atoms with van der Waals surface area (Å²) in [4.78, 5) is 12.4. The Balaban J connectivity index is 1.86.